The number of hydrogen-bond acceptors (Lipinski definition) is 3. The molecule has 1 N–H and O–H groups in total. The van der Waals surface area contributed by atoms with Gasteiger partial charge in [-0.1, -0.05) is 48.3 Å². The monoisotopic (exact) mass is 341 g/mol. The lowest BCUT2D eigenvalue weighted by Crippen LogP contribution is -2.21. The normalized spacial score (nSPS) is 12.9. The van der Waals surface area contributed by atoms with E-state index in [0.29, 0.717) is 0 Å². The van der Waals surface area contributed by atoms with Gasteiger partial charge in [0, 0.05) is 10.3 Å². The van der Waals surface area contributed by atoms with E-state index in [1.54, 1.807) is 11.3 Å². The average molecular weight is 342 g/mol. The number of thiophene rings is 2. The molecule has 0 fully saturated rings. The summed E-state index contributed by atoms with van der Waals surface area (Å²) in [6.45, 7) is 2.97. The molecule has 0 aliphatic carbocycles. The van der Waals surface area contributed by atoms with Crippen molar-refractivity contribution in [3.63, 3.8) is 0 Å². The molecule has 20 heavy (non-hydrogen) atoms. The molecule has 0 saturated heterocycles. The van der Waals surface area contributed by atoms with Gasteiger partial charge in [0.05, 0.1) is 14.7 Å². The maximum atomic E-state index is 6.35. The lowest BCUT2D eigenvalue weighted by Gasteiger charge is -2.19. The summed E-state index contributed by atoms with van der Waals surface area (Å²) in [5.41, 5.74) is 2.32. The predicted octanol–water partition coefficient (Wildman–Crippen LogP) is 5.97. The van der Waals surface area contributed by atoms with Gasteiger partial charge < -0.3 is 5.32 Å². The van der Waals surface area contributed by atoms with Crippen LogP contribution in [0.5, 0.6) is 0 Å². The molecule has 1 nitrogen and oxygen atoms in total. The third-order valence-electron chi connectivity index (χ3n) is 3.22. The summed E-state index contributed by atoms with van der Waals surface area (Å²) in [7, 11) is 0. The smallest absolute Gasteiger partial charge is 0.0995 e. The van der Waals surface area contributed by atoms with Crippen molar-refractivity contribution in [2.24, 2.45) is 0 Å². The Kier molecular flexibility index (Phi) is 4.34. The number of fused-ring (bicyclic) bond motifs is 1. The summed E-state index contributed by atoms with van der Waals surface area (Å²) in [4.78, 5) is 0. The first-order chi connectivity index (χ1) is 9.70. The lowest BCUT2D eigenvalue weighted by molar-refractivity contribution is 0.637. The summed E-state index contributed by atoms with van der Waals surface area (Å²) in [5, 5.41) is 6.92. The minimum absolute atomic E-state index is 0.0820. The Hall–Kier alpha value is -0.580. The van der Waals surface area contributed by atoms with E-state index in [2.05, 4.69) is 41.9 Å². The van der Waals surface area contributed by atoms with Crippen LogP contribution in [-0.2, 0) is 0 Å². The summed E-state index contributed by atoms with van der Waals surface area (Å²) >= 11 is 15.6. The number of benzene rings is 1. The molecule has 3 rings (SSSR count). The van der Waals surface area contributed by atoms with Crippen LogP contribution in [0.3, 0.4) is 0 Å². The van der Waals surface area contributed by atoms with Gasteiger partial charge in [0.1, 0.15) is 0 Å². The Morgan fingerprint density at radius 2 is 2.05 bits per heavy atom. The maximum absolute atomic E-state index is 6.35. The van der Waals surface area contributed by atoms with Crippen molar-refractivity contribution in [1.82, 2.24) is 5.32 Å². The molecule has 5 heteroatoms. The zero-order chi connectivity index (χ0) is 14.1. The third-order valence-corrected chi connectivity index (χ3v) is 5.72. The molecule has 3 aromatic rings. The summed E-state index contributed by atoms with van der Waals surface area (Å²) in [5.74, 6) is 0. The van der Waals surface area contributed by atoms with E-state index in [4.69, 9.17) is 23.2 Å². The molecule has 2 heterocycles. The summed E-state index contributed by atoms with van der Waals surface area (Å²) in [6.07, 6.45) is 0. The molecule has 0 bridgehead atoms. The highest BCUT2D eigenvalue weighted by molar-refractivity contribution is 7.20. The lowest BCUT2D eigenvalue weighted by atomic mass is 10.00. The fraction of sp³-hybridized carbons (Fsp3) is 0.200. The Balaban J connectivity index is 2.15. The van der Waals surface area contributed by atoms with Crippen molar-refractivity contribution in [1.29, 1.82) is 0 Å². The van der Waals surface area contributed by atoms with Crippen LogP contribution in [0.1, 0.15) is 24.1 Å². The van der Waals surface area contributed by atoms with Crippen LogP contribution in [0, 0.1) is 0 Å². The zero-order valence-corrected chi connectivity index (χ0v) is 14.0. The number of nitrogens with one attached hydrogen (secondary N) is 1. The van der Waals surface area contributed by atoms with Crippen molar-refractivity contribution in [3.8, 4) is 0 Å². The van der Waals surface area contributed by atoms with Gasteiger partial charge in [-0.05, 0) is 35.0 Å². The minimum atomic E-state index is 0.0820. The van der Waals surface area contributed by atoms with Crippen molar-refractivity contribution in [2.45, 2.75) is 13.0 Å². The van der Waals surface area contributed by atoms with Gasteiger partial charge in [-0.2, -0.15) is 0 Å². The highest BCUT2D eigenvalue weighted by atomic mass is 35.5. The van der Waals surface area contributed by atoms with Crippen LogP contribution >= 0.6 is 45.9 Å². The van der Waals surface area contributed by atoms with Gasteiger partial charge in [0.2, 0.25) is 0 Å². The second-order valence-electron chi connectivity index (χ2n) is 4.46. The zero-order valence-electron chi connectivity index (χ0n) is 10.8. The van der Waals surface area contributed by atoms with Crippen molar-refractivity contribution < 1.29 is 0 Å². The Morgan fingerprint density at radius 1 is 1.20 bits per heavy atom. The van der Waals surface area contributed by atoms with Crippen LogP contribution in [0.25, 0.3) is 10.1 Å². The van der Waals surface area contributed by atoms with Crippen molar-refractivity contribution in [2.75, 3.05) is 6.54 Å². The minimum Gasteiger partial charge on any atom is -0.306 e. The standard InChI is InChI=1S/C15H13Cl2NS2/c1-2-18-13(11-8-12(16)20-15(11)17)10-5-3-4-9-6-7-19-14(9)10/h3-8,13,18H,2H2,1H3. The highest BCUT2D eigenvalue weighted by Crippen LogP contribution is 2.40. The van der Waals surface area contributed by atoms with Crippen LogP contribution in [0.15, 0.2) is 35.7 Å². The van der Waals surface area contributed by atoms with Crippen LogP contribution in [0.4, 0.5) is 0 Å². The molecule has 0 saturated carbocycles. The SMILES string of the molecule is CCNC(c1cc(Cl)sc1Cl)c1cccc2ccsc12. The molecule has 2 aromatic heterocycles. The summed E-state index contributed by atoms with van der Waals surface area (Å²) < 4.78 is 2.79. The molecule has 1 atom stereocenters. The van der Waals surface area contributed by atoms with E-state index < -0.39 is 0 Å². The van der Waals surface area contributed by atoms with Gasteiger partial charge in [-0.25, -0.2) is 0 Å². The first kappa shape index (κ1) is 14.4. The van der Waals surface area contributed by atoms with E-state index in [9.17, 15) is 0 Å². The van der Waals surface area contributed by atoms with E-state index in [-0.39, 0.29) is 6.04 Å². The second kappa shape index (κ2) is 6.04. The summed E-state index contributed by atoms with van der Waals surface area (Å²) in [6, 6.07) is 10.6. The van der Waals surface area contributed by atoms with Gasteiger partial charge >= 0.3 is 0 Å². The molecule has 1 unspecified atom stereocenters. The number of halogens is 2. The van der Waals surface area contributed by atoms with Gasteiger partial charge in [-0.3, -0.25) is 0 Å². The number of hydrogen-bond donors (Lipinski definition) is 1. The number of rotatable bonds is 4. The van der Waals surface area contributed by atoms with E-state index in [1.165, 1.54) is 27.0 Å². The Bertz CT molecular complexity index is 732. The molecule has 104 valence electrons. The largest absolute Gasteiger partial charge is 0.306 e. The molecule has 0 amide bonds. The third kappa shape index (κ3) is 2.61. The second-order valence-corrected chi connectivity index (χ2v) is 7.66. The topological polar surface area (TPSA) is 12.0 Å². The molecule has 0 radical (unpaired) electrons. The quantitative estimate of drug-likeness (QED) is 0.616. The van der Waals surface area contributed by atoms with E-state index in [0.717, 1.165) is 20.8 Å². The first-order valence-electron chi connectivity index (χ1n) is 6.35. The predicted molar refractivity (Wildman–Crippen MR) is 91.7 cm³/mol. The molecule has 0 aliphatic rings. The van der Waals surface area contributed by atoms with E-state index in [1.807, 2.05) is 6.07 Å². The first-order valence-corrected chi connectivity index (χ1v) is 8.80. The fourth-order valence-corrected chi connectivity index (χ4v) is 4.86. The molecular formula is C15H13Cl2NS2. The molecule has 0 spiro atoms. The molecule has 0 aliphatic heterocycles. The fourth-order valence-electron chi connectivity index (χ4n) is 2.38. The van der Waals surface area contributed by atoms with Crippen molar-refractivity contribution >= 4 is 56.0 Å². The van der Waals surface area contributed by atoms with Crippen LogP contribution < -0.4 is 5.32 Å². The average Bonchev–Trinajstić information content (AvgIpc) is 3.02. The highest BCUT2D eigenvalue weighted by Gasteiger charge is 2.21. The van der Waals surface area contributed by atoms with Gasteiger partial charge in [0.15, 0.2) is 0 Å². The molecule has 1 aromatic carbocycles. The maximum Gasteiger partial charge on any atom is 0.0995 e. The van der Waals surface area contributed by atoms with Crippen LogP contribution in [-0.4, -0.2) is 6.54 Å². The van der Waals surface area contributed by atoms with Gasteiger partial charge in [-0.15, -0.1) is 22.7 Å². The Labute approximate surface area is 136 Å². The Morgan fingerprint density at radius 3 is 2.75 bits per heavy atom. The van der Waals surface area contributed by atoms with Gasteiger partial charge in [0.25, 0.3) is 0 Å². The van der Waals surface area contributed by atoms with Crippen molar-refractivity contribution in [3.05, 3.63) is 55.5 Å². The van der Waals surface area contributed by atoms with E-state index >= 15 is 0 Å². The molecular weight excluding hydrogens is 329 g/mol. The van der Waals surface area contributed by atoms with Crippen LogP contribution in [0.2, 0.25) is 8.67 Å².